The Labute approximate surface area is 121 Å². The van der Waals surface area contributed by atoms with Crippen LogP contribution in [0.3, 0.4) is 0 Å². The Morgan fingerprint density at radius 2 is 2.24 bits per heavy atom. The van der Waals surface area contributed by atoms with Gasteiger partial charge in [0.2, 0.25) is 12.1 Å². The quantitative estimate of drug-likeness (QED) is 0.482. The molecule has 0 spiro atoms. The average Bonchev–Trinajstić information content (AvgIpc) is 2.97. The second kappa shape index (κ2) is 5.80. The van der Waals surface area contributed by atoms with Crippen LogP contribution < -0.4 is 15.2 Å². The lowest BCUT2D eigenvalue weighted by atomic mass is 10.3. The second-order valence-electron chi connectivity index (χ2n) is 4.98. The number of aliphatic hydroxyl groups is 2. The number of H-pyrrole nitrogens is 1. The van der Waals surface area contributed by atoms with Crippen LogP contribution in [0, 0.1) is 0 Å². The van der Waals surface area contributed by atoms with Crippen molar-refractivity contribution in [3.05, 3.63) is 6.33 Å². The van der Waals surface area contributed by atoms with Gasteiger partial charge >= 0.3 is 0 Å². The predicted molar refractivity (Wildman–Crippen MR) is 74.6 cm³/mol. The summed E-state index contributed by atoms with van der Waals surface area (Å²) in [4.78, 5) is 13.9. The molecule has 9 heteroatoms. The molecule has 3 rings (SSSR count). The van der Waals surface area contributed by atoms with Crippen LogP contribution in [0.4, 0.5) is 11.8 Å². The highest BCUT2D eigenvalue weighted by atomic mass is 16.5. The fraction of sp³-hybridized carbons (Fsp3) is 0.583. The number of aliphatic hydroxyl groups excluding tert-OH is 2. The molecule has 1 atom stereocenters. The first-order chi connectivity index (χ1) is 10.2. The Morgan fingerprint density at radius 3 is 2.95 bits per heavy atom. The van der Waals surface area contributed by atoms with Crippen LogP contribution in [0.5, 0.6) is 0 Å². The minimum absolute atomic E-state index is 0.202. The van der Waals surface area contributed by atoms with Crippen molar-refractivity contribution in [3.63, 3.8) is 0 Å². The van der Waals surface area contributed by atoms with Gasteiger partial charge in [0.05, 0.1) is 26.4 Å². The summed E-state index contributed by atoms with van der Waals surface area (Å²) in [5.41, 5.74) is 7.12. The van der Waals surface area contributed by atoms with Crippen molar-refractivity contribution >= 4 is 22.9 Å². The van der Waals surface area contributed by atoms with E-state index in [0.29, 0.717) is 36.1 Å². The number of anilines is 2. The summed E-state index contributed by atoms with van der Waals surface area (Å²) in [6.07, 6.45) is 0.646. The molecular weight excluding hydrogens is 276 g/mol. The van der Waals surface area contributed by atoms with Crippen LogP contribution in [-0.4, -0.2) is 64.2 Å². The Morgan fingerprint density at radius 1 is 1.48 bits per heavy atom. The lowest BCUT2D eigenvalue weighted by Crippen LogP contribution is -2.42. The largest absolute Gasteiger partial charge is 0.394 e. The third-order valence-corrected chi connectivity index (χ3v) is 3.47. The standard InChI is InChI=1S/C12H18N6O3/c13-10-9-11(18(7-14-10)5-8(20)6-19)16-12(15-9)17-1-3-21-4-2-17/h7-8,19-20H,1-6H2,(H2,13,15,16)/p+1/t8-/m0/s1. The number of hydrogen-bond acceptors (Lipinski definition) is 7. The van der Waals surface area contributed by atoms with E-state index in [1.807, 2.05) is 0 Å². The molecule has 0 saturated carbocycles. The van der Waals surface area contributed by atoms with Crippen molar-refractivity contribution in [2.75, 3.05) is 43.5 Å². The number of nitrogens with one attached hydrogen (secondary N) is 1. The van der Waals surface area contributed by atoms with Crippen molar-refractivity contribution in [1.82, 2.24) is 15.0 Å². The normalized spacial score (nSPS) is 17.3. The van der Waals surface area contributed by atoms with Crippen molar-refractivity contribution < 1.29 is 19.5 Å². The topological polar surface area (TPSA) is 124 Å². The smallest absolute Gasteiger partial charge is 0.296 e. The van der Waals surface area contributed by atoms with Crippen LogP contribution in [0.15, 0.2) is 6.33 Å². The van der Waals surface area contributed by atoms with Crippen LogP contribution in [0.25, 0.3) is 11.2 Å². The molecule has 1 aliphatic heterocycles. The van der Waals surface area contributed by atoms with E-state index in [2.05, 4.69) is 19.9 Å². The highest BCUT2D eigenvalue weighted by Gasteiger charge is 2.23. The van der Waals surface area contributed by atoms with Gasteiger partial charge < -0.3 is 30.6 Å². The molecule has 0 bridgehead atoms. The number of ether oxygens (including phenoxy) is 1. The van der Waals surface area contributed by atoms with Gasteiger partial charge in [-0.2, -0.15) is 0 Å². The molecule has 1 saturated heterocycles. The summed E-state index contributed by atoms with van der Waals surface area (Å²) in [6.45, 7) is 2.72. The van der Waals surface area contributed by atoms with E-state index in [0.717, 1.165) is 13.1 Å². The highest BCUT2D eigenvalue weighted by Crippen LogP contribution is 2.18. The summed E-state index contributed by atoms with van der Waals surface area (Å²) in [5.74, 6) is 1.06. The lowest BCUT2D eigenvalue weighted by Gasteiger charge is -2.24. The molecule has 0 radical (unpaired) electrons. The molecule has 114 valence electrons. The molecule has 1 aliphatic rings. The van der Waals surface area contributed by atoms with E-state index in [9.17, 15) is 5.11 Å². The molecule has 0 aromatic carbocycles. The van der Waals surface area contributed by atoms with Gasteiger partial charge in [-0.05, 0) is 0 Å². The number of nitrogens with two attached hydrogens (primary N) is 1. The third-order valence-electron chi connectivity index (χ3n) is 3.47. The van der Waals surface area contributed by atoms with E-state index in [4.69, 9.17) is 15.6 Å². The number of morpholine rings is 1. The highest BCUT2D eigenvalue weighted by molar-refractivity contribution is 5.80. The summed E-state index contributed by atoms with van der Waals surface area (Å²) in [6, 6.07) is 0. The van der Waals surface area contributed by atoms with Crippen LogP contribution in [0.2, 0.25) is 0 Å². The van der Waals surface area contributed by atoms with Crippen molar-refractivity contribution in [2.24, 2.45) is 0 Å². The minimum Gasteiger partial charge on any atom is -0.394 e. The van der Waals surface area contributed by atoms with Crippen molar-refractivity contribution in [1.29, 1.82) is 0 Å². The Balaban J connectivity index is 1.98. The van der Waals surface area contributed by atoms with E-state index in [1.54, 1.807) is 4.57 Å². The zero-order valence-corrected chi connectivity index (χ0v) is 11.6. The zero-order valence-electron chi connectivity index (χ0n) is 11.6. The van der Waals surface area contributed by atoms with Gasteiger partial charge in [0.25, 0.3) is 11.6 Å². The van der Waals surface area contributed by atoms with E-state index in [-0.39, 0.29) is 13.2 Å². The first kappa shape index (κ1) is 14.0. The number of nitrogens with zero attached hydrogens (tertiary/aromatic N) is 4. The van der Waals surface area contributed by atoms with Gasteiger partial charge in [0.15, 0.2) is 5.52 Å². The lowest BCUT2D eigenvalue weighted by molar-refractivity contribution is -0.683. The summed E-state index contributed by atoms with van der Waals surface area (Å²) in [7, 11) is 0. The maximum Gasteiger partial charge on any atom is 0.296 e. The van der Waals surface area contributed by atoms with E-state index >= 15 is 0 Å². The molecule has 5 N–H and O–H groups in total. The number of aromatic nitrogens is 4. The van der Waals surface area contributed by atoms with Gasteiger partial charge in [0, 0.05) is 13.1 Å². The Kier molecular flexibility index (Phi) is 3.86. The summed E-state index contributed by atoms with van der Waals surface area (Å²) in [5, 5.41) is 18.6. The fourth-order valence-electron chi connectivity index (χ4n) is 2.33. The van der Waals surface area contributed by atoms with Gasteiger partial charge in [-0.15, -0.1) is 0 Å². The number of fused-ring (bicyclic) bond motifs is 1. The van der Waals surface area contributed by atoms with Gasteiger partial charge in [0.1, 0.15) is 6.10 Å². The summed E-state index contributed by atoms with van der Waals surface area (Å²) >= 11 is 0. The minimum atomic E-state index is -0.868. The molecular formula is C12H19N6O3+. The molecule has 9 nitrogen and oxygen atoms in total. The third kappa shape index (κ3) is 2.75. The fourth-order valence-corrected chi connectivity index (χ4v) is 2.33. The predicted octanol–water partition coefficient (Wildman–Crippen LogP) is -1.98. The SMILES string of the molecule is Nc1nc[n+](C[C@H](O)CO)c2nc(N3CCOCC3)[nH]c12. The molecule has 3 heterocycles. The van der Waals surface area contributed by atoms with Crippen molar-refractivity contribution in [3.8, 4) is 0 Å². The number of aromatic amines is 1. The molecule has 2 aromatic rings. The second-order valence-corrected chi connectivity index (χ2v) is 4.98. The number of nitrogen functional groups attached to an aromatic ring is 1. The van der Waals surface area contributed by atoms with Crippen LogP contribution in [-0.2, 0) is 11.3 Å². The number of hydrogen-bond donors (Lipinski definition) is 4. The molecule has 0 aliphatic carbocycles. The molecule has 21 heavy (non-hydrogen) atoms. The van der Waals surface area contributed by atoms with Gasteiger partial charge in [-0.1, -0.05) is 9.97 Å². The zero-order chi connectivity index (χ0) is 14.8. The van der Waals surface area contributed by atoms with Gasteiger partial charge in [-0.3, -0.25) is 0 Å². The van der Waals surface area contributed by atoms with Crippen LogP contribution in [0.1, 0.15) is 0 Å². The Hall–Kier alpha value is -1.97. The molecule has 1 fully saturated rings. The molecule has 0 unspecified atom stereocenters. The first-order valence-electron chi connectivity index (χ1n) is 6.84. The number of rotatable bonds is 4. The molecule has 0 amide bonds. The first-order valence-corrected chi connectivity index (χ1v) is 6.84. The van der Waals surface area contributed by atoms with Crippen LogP contribution >= 0.6 is 0 Å². The average molecular weight is 295 g/mol. The van der Waals surface area contributed by atoms with Crippen molar-refractivity contribution in [2.45, 2.75) is 12.6 Å². The van der Waals surface area contributed by atoms with Gasteiger partial charge in [-0.25, -0.2) is 4.57 Å². The maximum atomic E-state index is 9.60. The number of imidazole rings is 1. The Bertz CT molecular complexity index is 625. The molecule has 2 aromatic heterocycles. The van der Waals surface area contributed by atoms with E-state index in [1.165, 1.54) is 6.33 Å². The monoisotopic (exact) mass is 295 g/mol. The van der Waals surface area contributed by atoms with E-state index < -0.39 is 6.10 Å². The maximum absolute atomic E-state index is 9.60. The summed E-state index contributed by atoms with van der Waals surface area (Å²) < 4.78 is 7.00.